The maximum atomic E-state index is 11.7. The first kappa shape index (κ1) is 12.1. The van der Waals surface area contributed by atoms with Crippen molar-refractivity contribution in [3.63, 3.8) is 0 Å². The quantitative estimate of drug-likeness (QED) is 0.751. The van der Waals surface area contributed by atoms with Gasteiger partial charge < -0.3 is 0 Å². The molecule has 1 aliphatic rings. The number of hydrogen-bond acceptors (Lipinski definition) is 1. The van der Waals surface area contributed by atoms with Crippen LogP contribution in [0, 0.1) is 12.3 Å². The molecule has 0 bridgehead atoms. The lowest BCUT2D eigenvalue weighted by molar-refractivity contribution is -0.117. The van der Waals surface area contributed by atoms with Crippen LogP contribution in [0.5, 0.6) is 0 Å². The van der Waals surface area contributed by atoms with E-state index in [2.05, 4.69) is 45.0 Å². The van der Waals surface area contributed by atoms with Crippen molar-refractivity contribution in [3.8, 4) is 0 Å². The van der Waals surface area contributed by atoms with E-state index < -0.39 is 0 Å². The lowest BCUT2D eigenvalue weighted by Gasteiger charge is -2.28. The predicted octanol–water partition coefficient (Wildman–Crippen LogP) is 3.85. The van der Waals surface area contributed by atoms with Crippen molar-refractivity contribution in [3.05, 3.63) is 47.0 Å². The van der Waals surface area contributed by atoms with E-state index in [1.165, 1.54) is 16.7 Å². The van der Waals surface area contributed by atoms with Crippen molar-refractivity contribution < 1.29 is 4.79 Å². The number of benzene rings is 1. The Morgan fingerprint density at radius 1 is 1.24 bits per heavy atom. The Kier molecular flexibility index (Phi) is 3.19. The van der Waals surface area contributed by atoms with E-state index in [0.29, 0.717) is 6.42 Å². The van der Waals surface area contributed by atoms with Gasteiger partial charge in [0, 0.05) is 6.42 Å². The van der Waals surface area contributed by atoms with Crippen LogP contribution in [0.4, 0.5) is 0 Å². The van der Waals surface area contributed by atoms with Gasteiger partial charge in [0.1, 0.15) is 0 Å². The molecule has 0 unspecified atom stereocenters. The molecule has 90 valence electrons. The average molecular weight is 228 g/mol. The van der Waals surface area contributed by atoms with Gasteiger partial charge in [-0.25, -0.2) is 0 Å². The second-order valence-corrected chi connectivity index (χ2v) is 5.95. The van der Waals surface area contributed by atoms with Crippen LogP contribution in [-0.4, -0.2) is 5.78 Å². The minimum absolute atomic E-state index is 0.130. The van der Waals surface area contributed by atoms with Gasteiger partial charge in [0.25, 0.3) is 0 Å². The van der Waals surface area contributed by atoms with Gasteiger partial charge in [0.2, 0.25) is 0 Å². The van der Waals surface area contributed by atoms with Crippen molar-refractivity contribution in [1.82, 2.24) is 0 Å². The van der Waals surface area contributed by atoms with E-state index in [1.807, 2.05) is 6.08 Å². The van der Waals surface area contributed by atoms with Crippen molar-refractivity contribution in [2.75, 3.05) is 0 Å². The van der Waals surface area contributed by atoms with Crippen LogP contribution in [0.3, 0.4) is 0 Å². The van der Waals surface area contributed by atoms with Gasteiger partial charge in [0.05, 0.1) is 0 Å². The lowest BCUT2D eigenvalue weighted by Crippen LogP contribution is -2.22. The Bertz CT molecular complexity index is 466. The largest absolute Gasteiger partial charge is 0.295 e. The van der Waals surface area contributed by atoms with Gasteiger partial charge >= 0.3 is 0 Å². The SMILES string of the molecule is Cc1cccc(CC2=CC(=O)CC(C)(C)C2)c1. The van der Waals surface area contributed by atoms with Crippen LogP contribution in [0.15, 0.2) is 35.9 Å². The minimum atomic E-state index is 0.130. The Labute approximate surface area is 104 Å². The standard InChI is InChI=1S/C16H20O/c1-12-5-4-6-13(7-12)8-14-9-15(17)11-16(2,3)10-14/h4-7,9H,8,10-11H2,1-3H3. The summed E-state index contributed by atoms with van der Waals surface area (Å²) in [6.45, 7) is 6.45. The number of aryl methyl sites for hydroxylation is 1. The fourth-order valence-corrected chi connectivity index (χ4v) is 2.68. The monoisotopic (exact) mass is 228 g/mol. The van der Waals surface area contributed by atoms with E-state index in [-0.39, 0.29) is 11.2 Å². The van der Waals surface area contributed by atoms with Crippen LogP contribution >= 0.6 is 0 Å². The maximum Gasteiger partial charge on any atom is 0.156 e. The molecule has 1 heteroatoms. The first-order valence-corrected chi connectivity index (χ1v) is 6.22. The molecule has 0 radical (unpaired) electrons. The maximum absolute atomic E-state index is 11.7. The number of carbonyl (C=O) groups is 1. The highest BCUT2D eigenvalue weighted by atomic mass is 16.1. The minimum Gasteiger partial charge on any atom is -0.295 e. The molecule has 0 N–H and O–H groups in total. The molecule has 1 aromatic rings. The topological polar surface area (TPSA) is 17.1 Å². The lowest BCUT2D eigenvalue weighted by atomic mass is 9.75. The number of ketones is 1. The van der Waals surface area contributed by atoms with E-state index in [9.17, 15) is 4.79 Å². The molecule has 0 amide bonds. The van der Waals surface area contributed by atoms with E-state index in [1.54, 1.807) is 0 Å². The summed E-state index contributed by atoms with van der Waals surface area (Å²) in [6.07, 6.45) is 4.49. The summed E-state index contributed by atoms with van der Waals surface area (Å²) in [4.78, 5) is 11.7. The fourth-order valence-electron chi connectivity index (χ4n) is 2.68. The molecule has 0 aliphatic heterocycles. The van der Waals surface area contributed by atoms with Crippen LogP contribution in [0.25, 0.3) is 0 Å². The highest BCUT2D eigenvalue weighted by molar-refractivity contribution is 5.91. The summed E-state index contributed by atoms with van der Waals surface area (Å²) in [7, 11) is 0. The van der Waals surface area contributed by atoms with Crippen LogP contribution in [0.2, 0.25) is 0 Å². The summed E-state index contributed by atoms with van der Waals surface area (Å²) in [5.74, 6) is 0.281. The molecule has 0 fully saturated rings. The van der Waals surface area contributed by atoms with Gasteiger partial charge in [-0.3, -0.25) is 4.79 Å². The molecule has 0 saturated heterocycles. The Morgan fingerprint density at radius 3 is 2.65 bits per heavy atom. The Balaban J connectivity index is 2.16. The number of allylic oxidation sites excluding steroid dienone is 2. The summed E-state index contributed by atoms with van der Waals surface area (Å²) in [5, 5.41) is 0. The Morgan fingerprint density at radius 2 is 2.00 bits per heavy atom. The molecule has 0 saturated carbocycles. The molecule has 1 nitrogen and oxygen atoms in total. The van der Waals surface area contributed by atoms with Gasteiger partial charge in [-0.05, 0) is 36.8 Å². The molecular weight excluding hydrogens is 208 g/mol. The average Bonchev–Trinajstić information content (AvgIpc) is 2.13. The van der Waals surface area contributed by atoms with E-state index in [4.69, 9.17) is 0 Å². The van der Waals surface area contributed by atoms with Crippen molar-refractivity contribution in [2.45, 2.75) is 40.0 Å². The number of carbonyl (C=O) groups excluding carboxylic acids is 1. The zero-order chi connectivity index (χ0) is 12.5. The second-order valence-electron chi connectivity index (χ2n) is 5.95. The molecule has 1 aromatic carbocycles. The molecule has 0 heterocycles. The summed E-state index contributed by atoms with van der Waals surface area (Å²) in [6, 6.07) is 8.53. The Hall–Kier alpha value is -1.37. The second kappa shape index (κ2) is 4.48. The van der Waals surface area contributed by atoms with Crippen molar-refractivity contribution in [1.29, 1.82) is 0 Å². The van der Waals surface area contributed by atoms with E-state index >= 15 is 0 Å². The molecule has 2 rings (SSSR count). The first-order valence-electron chi connectivity index (χ1n) is 6.22. The summed E-state index contributed by atoms with van der Waals surface area (Å²) in [5.41, 5.74) is 3.99. The normalized spacial score (nSPS) is 19.0. The van der Waals surface area contributed by atoms with Crippen molar-refractivity contribution >= 4 is 5.78 Å². The highest BCUT2D eigenvalue weighted by Gasteiger charge is 2.27. The fraction of sp³-hybridized carbons (Fsp3) is 0.438. The van der Waals surface area contributed by atoms with E-state index in [0.717, 1.165) is 12.8 Å². The zero-order valence-corrected chi connectivity index (χ0v) is 10.9. The number of rotatable bonds is 2. The molecule has 17 heavy (non-hydrogen) atoms. The molecule has 0 spiro atoms. The first-order chi connectivity index (χ1) is 7.94. The van der Waals surface area contributed by atoms with Gasteiger partial charge in [-0.2, -0.15) is 0 Å². The van der Waals surface area contributed by atoms with Crippen molar-refractivity contribution in [2.24, 2.45) is 5.41 Å². The molecular formula is C16H20O. The predicted molar refractivity (Wildman–Crippen MR) is 71.0 cm³/mol. The summed E-state index contributed by atoms with van der Waals surface area (Å²) >= 11 is 0. The summed E-state index contributed by atoms with van der Waals surface area (Å²) < 4.78 is 0. The van der Waals surface area contributed by atoms with Gasteiger partial charge in [-0.15, -0.1) is 0 Å². The number of hydrogen-bond donors (Lipinski definition) is 0. The zero-order valence-electron chi connectivity index (χ0n) is 10.9. The van der Waals surface area contributed by atoms with Gasteiger partial charge in [-0.1, -0.05) is 49.2 Å². The van der Waals surface area contributed by atoms with Crippen LogP contribution < -0.4 is 0 Å². The highest BCUT2D eigenvalue weighted by Crippen LogP contribution is 2.34. The third-order valence-corrected chi connectivity index (χ3v) is 3.24. The third-order valence-electron chi connectivity index (χ3n) is 3.24. The van der Waals surface area contributed by atoms with Crippen LogP contribution in [0.1, 0.15) is 37.8 Å². The molecule has 1 aliphatic carbocycles. The molecule has 0 aromatic heterocycles. The smallest absolute Gasteiger partial charge is 0.156 e. The van der Waals surface area contributed by atoms with Gasteiger partial charge in [0.15, 0.2) is 5.78 Å². The van der Waals surface area contributed by atoms with Crippen LogP contribution in [-0.2, 0) is 11.2 Å². The third kappa shape index (κ3) is 3.29. The molecule has 0 atom stereocenters.